The molecule has 1 aromatic heterocycles. The molecule has 0 aliphatic carbocycles. The number of benzene rings is 2. The van der Waals surface area contributed by atoms with E-state index < -0.39 is 0 Å². The van der Waals surface area contributed by atoms with Crippen LogP contribution < -0.4 is 4.74 Å². The van der Waals surface area contributed by atoms with Gasteiger partial charge in [-0.3, -0.25) is 0 Å². The van der Waals surface area contributed by atoms with Gasteiger partial charge in [-0.2, -0.15) is 0 Å². The van der Waals surface area contributed by atoms with Gasteiger partial charge in [-0.15, -0.1) is 0 Å². The van der Waals surface area contributed by atoms with Crippen LogP contribution in [0.15, 0.2) is 30.3 Å². The van der Waals surface area contributed by atoms with Gasteiger partial charge in [-0.25, -0.2) is 0 Å². The number of fused-ring (bicyclic) bond motifs is 3. The van der Waals surface area contributed by atoms with Crippen LogP contribution in [0.5, 0.6) is 5.75 Å². The minimum atomic E-state index is 0.935. The second kappa shape index (κ2) is 6.04. The average molecular weight is 295 g/mol. The van der Waals surface area contributed by atoms with Crippen molar-refractivity contribution in [2.45, 2.75) is 46.6 Å². The Bertz CT molecular complexity index is 814. The fourth-order valence-corrected chi connectivity index (χ4v) is 3.48. The smallest absolute Gasteiger partial charge is 0.119 e. The highest BCUT2D eigenvalue weighted by atomic mass is 16.5. The van der Waals surface area contributed by atoms with Crippen molar-refractivity contribution in [1.29, 1.82) is 0 Å². The van der Waals surface area contributed by atoms with Gasteiger partial charge >= 0.3 is 0 Å². The first-order valence-corrected chi connectivity index (χ1v) is 8.29. The summed E-state index contributed by atoms with van der Waals surface area (Å²) in [5.41, 5.74) is 5.49. The molecule has 116 valence electrons. The Labute approximate surface area is 132 Å². The predicted molar refractivity (Wildman–Crippen MR) is 95.0 cm³/mol. The fourth-order valence-electron chi connectivity index (χ4n) is 3.48. The molecule has 0 radical (unpaired) electrons. The van der Waals surface area contributed by atoms with Crippen LogP contribution >= 0.6 is 0 Å². The molecule has 22 heavy (non-hydrogen) atoms. The molecule has 0 N–H and O–H groups in total. The van der Waals surface area contributed by atoms with Crippen molar-refractivity contribution in [2.75, 3.05) is 7.11 Å². The van der Waals surface area contributed by atoms with E-state index >= 15 is 0 Å². The van der Waals surface area contributed by atoms with Crippen molar-refractivity contribution in [3.63, 3.8) is 0 Å². The van der Waals surface area contributed by atoms with Crippen molar-refractivity contribution >= 4 is 21.8 Å². The van der Waals surface area contributed by atoms with E-state index in [-0.39, 0.29) is 0 Å². The lowest BCUT2D eigenvalue weighted by molar-refractivity contribution is 0.415. The van der Waals surface area contributed by atoms with Crippen molar-refractivity contribution in [3.05, 3.63) is 41.5 Å². The first-order valence-electron chi connectivity index (χ1n) is 8.29. The third kappa shape index (κ3) is 2.37. The molecule has 0 bridgehead atoms. The molecule has 0 fully saturated rings. The first kappa shape index (κ1) is 15.0. The molecule has 1 heterocycles. The first-order chi connectivity index (χ1) is 10.7. The summed E-state index contributed by atoms with van der Waals surface area (Å²) in [6, 6.07) is 11.1. The van der Waals surface area contributed by atoms with Gasteiger partial charge in [0.1, 0.15) is 5.75 Å². The summed E-state index contributed by atoms with van der Waals surface area (Å²) >= 11 is 0. The molecule has 2 nitrogen and oxygen atoms in total. The molecule has 0 saturated carbocycles. The maximum Gasteiger partial charge on any atom is 0.119 e. The molecule has 0 saturated heterocycles. The zero-order chi connectivity index (χ0) is 15.7. The molecule has 0 unspecified atom stereocenters. The number of nitrogens with zero attached hydrogens (tertiary/aromatic N) is 1. The van der Waals surface area contributed by atoms with Crippen LogP contribution in [0.25, 0.3) is 21.8 Å². The quantitative estimate of drug-likeness (QED) is 0.608. The van der Waals surface area contributed by atoms with Crippen LogP contribution in [0.1, 0.15) is 37.8 Å². The number of ether oxygens (including phenoxy) is 1. The molecule has 2 heteroatoms. The SMILES string of the molecule is CCCCc1cc(C)cc2c1c1cc(OC)ccc1n2CC. The lowest BCUT2D eigenvalue weighted by atomic mass is 9.99. The molecule has 0 aliphatic heterocycles. The topological polar surface area (TPSA) is 14.2 Å². The molecule has 2 aromatic carbocycles. The van der Waals surface area contributed by atoms with Gasteiger partial charge in [-0.1, -0.05) is 19.4 Å². The number of hydrogen-bond acceptors (Lipinski definition) is 1. The zero-order valence-electron chi connectivity index (χ0n) is 14.1. The average Bonchev–Trinajstić information content (AvgIpc) is 2.84. The Morgan fingerprint density at radius 2 is 1.86 bits per heavy atom. The number of hydrogen-bond donors (Lipinski definition) is 0. The van der Waals surface area contributed by atoms with E-state index in [1.54, 1.807) is 7.11 Å². The van der Waals surface area contributed by atoms with Crippen molar-refractivity contribution in [2.24, 2.45) is 0 Å². The zero-order valence-corrected chi connectivity index (χ0v) is 14.1. The molecular formula is C20H25NO. The molecule has 0 amide bonds. The van der Waals surface area contributed by atoms with E-state index in [4.69, 9.17) is 4.74 Å². The third-order valence-corrected chi connectivity index (χ3v) is 4.51. The summed E-state index contributed by atoms with van der Waals surface area (Å²) in [5.74, 6) is 0.935. The van der Waals surface area contributed by atoms with E-state index in [2.05, 4.69) is 55.7 Å². The Morgan fingerprint density at radius 1 is 1.05 bits per heavy atom. The number of aryl methyl sites for hydroxylation is 3. The van der Waals surface area contributed by atoms with E-state index in [1.165, 1.54) is 45.8 Å². The highest BCUT2D eigenvalue weighted by Crippen LogP contribution is 2.35. The maximum absolute atomic E-state index is 5.45. The standard InChI is InChI=1S/C20H25NO/c1-5-7-8-15-11-14(3)12-19-20(15)17-13-16(22-4)9-10-18(17)21(19)6-2/h9-13H,5-8H2,1-4H3. The van der Waals surface area contributed by atoms with Crippen molar-refractivity contribution in [3.8, 4) is 5.75 Å². The molecule has 0 atom stereocenters. The number of methoxy groups -OCH3 is 1. The molecular weight excluding hydrogens is 270 g/mol. The van der Waals surface area contributed by atoms with Crippen LogP contribution in [0.3, 0.4) is 0 Å². The normalized spacial score (nSPS) is 11.5. The van der Waals surface area contributed by atoms with Gasteiger partial charge in [0.05, 0.1) is 7.11 Å². The van der Waals surface area contributed by atoms with Crippen molar-refractivity contribution in [1.82, 2.24) is 4.57 Å². The fraction of sp³-hybridized carbons (Fsp3) is 0.400. The number of rotatable bonds is 5. The van der Waals surface area contributed by atoms with E-state index in [9.17, 15) is 0 Å². The number of aromatic nitrogens is 1. The van der Waals surface area contributed by atoms with Crippen LogP contribution in [0.4, 0.5) is 0 Å². The summed E-state index contributed by atoms with van der Waals surface area (Å²) in [5, 5.41) is 2.73. The summed E-state index contributed by atoms with van der Waals surface area (Å²) in [7, 11) is 1.74. The van der Waals surface area contributed by atoms with Crippen LogP contribution in [-0.4, -0.2) is 11.7 Å². The molecule has 0 spiro atoms. The van der Waals surface area contributed by atoms with Crippen LogP contribution in [0, 0.1) is 6.92 Å². The van der Waals surface area contributed by atoms with E-state index in [1.807, 2.05) is 0 Å². The van der Waals surface area contributed by atoms with Gasteiger partial charge in [-0.05, 0) is 62.1 Å². The maximum atomic E-state index is 5.45. The Kier molecular flexibility index (Phi) is 4.10. The van der Waals surface area contributed by atoms with Gasteiger partial charge in [0.25, 0.3) is 0 Å². The lowest BCUT2D eigenvalue weighted by Gasteiger charge is -2.07. The predicted octanol–water partition coefficient (Wildman–Crippen LogP) is 5.47. The summed E-state index contributed by atoms with van der Waals surface area (Å²) in [6.45, 7) is 7.67. The van der Waals surface area contributed by atoms with Crippen molar-refractivity contribution < 1.29 is 4.74 Å². The highest BCUT2D eigenvalue weighted by molar-refractivity contribution is 6.10. The highest BCUT2D eigenvalue weighted by Gasteiger charge is 2.14. The largest absolute Gasteiger partial charge is 0.497 e. The molecule has 3 aromatic rings. The lowest BCUT2D eigenvalue weighted by Crippen LogP contribution is -1.94. The molecule has 3 rings (SSSR count). The van der Waals surface area contributed by atoms with Crippen LogP contribution in [0.2, 0.25) is 0 Å². The van der Waals surface area contributed by atoms with Crippen LogP contribution in [-0.2, 0) is 13.0 Å². The Hall–Kier alpha value is -1.96. The van der Waals surface area contributed by atoms with Gasteiger partial charge in [0.2, 0.25) is 0 Å². The molecule has 0 aliphatic rings. The second-order valence-electron chi connectivity index (χ2n) is 6.05. The van der Waals surface area contributed by atoms with Gasteiger partial charge < -0.3 is 9.30 Å². The number of unbranched alkanes of at least 4 members (excludes halogenated alkanes) is 1. The minimum absolute atomic E-state index is 0.935. The summed E-state index contributed by atoms with van der Waals surface area (Å²) in [4.78, 5) is 0. The minimum Gasteiger partial charge on any atom is -0.497 e. The van der Waals surface area contributed by atoms with E-state index in [0.29, 0.717) is 0 Å². The summed E-state index contributed by atoms with van der Waals surface area (Å²) < 4.78 is 7.87. The third-order valence-electron chi connectivity index (χ3n) is 4.51. The van der Waals surface area contributed by atoms with Gasteiger partial charge in [0, 0.05) is 28.4 Å². The Balaban J connectivity index is 2.39. The van der Waals surface area contributed by atoms with Gasteiger partial charge in [0.15, 0.2) is 0 Å². The Morgan fingerprint density at radius 3 is 2.55 bits per heavy atom. The second-order valence-corrected chi connectivity index (χ2v) is 6.05. The van der Waals surface area contributed by atoms with E-state index in [0.717, 1.165) is 18.7 Å². The monoisotopic (exact) mass is 295 g/mol. The summed E-state index contributed by atoms with van der Waals surface area (Å²) in [6.07, 6.45) is 3.61.